The van der Waals surface area contributed by atoms with Crippen LogP contribution >= 0.6 is 11.6 Å². The van der Waals surface area contributed by atoms with Crippen LogP contribution in [0.25, 0.3) is 0 Å². The lowest BCUT2D eigenvalue weighted by molar-refractivity contribution is -0.117. The first-order valence-electron chi connectivity index (χ1n) is 5.31. The van der Waals surface area contributed by atoms with E-state index in [2.05, 4.69) is 5.32 Å². The van der Waals surface area contributed by atoms with Crippen molar-refractivity contribution in [3.05, 3.63) is 28.8 Å². The van der Waals surface area contributed by atoms with Crippen molar-refractivity contribution in [1.82, 2.24) is 0 Å². The van der Waals surface area contributed by atoms with Gasteiger partial charge in [0.25, 0.3) is 0 Å². The number of anilines is 1. The molecule has 0 radical (unpaired) electrons. The number of hydrogen-bond acceptors (Lipinski definition) is 2. The van der Waals surface area contributed by atoms with Crippen LogP contribution in [-0.2, 0) is 4.79 Å². The smallest absolute Gasteiger partial charge is 0.224 e. The molecule has 3 nitrogen and oxygen atoms in total. The van der Waals surface area contributed by atoms with E-state index in [0.29, 0.717) is 22.7 Å². The molecule has 0 aliphatic carbocycles. The Kier molecular flexibility index (Phi) is 4.14. The van der Waals surface area contributed by atoms with Gasteiger partial charge in [-0.15, -0.1) is 0 Å². The summed E-state index contributed by atoms with van der Waals surface area (Å²) >= 11 is 5.83. The second kappa shape index (κ2) is 5.20. The monoisotopic (exact) mass is 250 g/mol. The minimum Gasteiger partial charge on any atom is -0.325 e. The molecule has 0 aromatic heterocycles. The standard InChI is InChI=1S/C13H15ClN2O/c1-13(2,3)7-12(17)16-11-6-10(14)5-4-9(11)8-15/h4-6H,7H2,1-3H3,(H,16,17). The molecule has 0 saturated carbocycles. The van der Waals surface area contributed by atoms with Crippen LogP contribution in [0.3, 0.4) is 0 Å². The fraction of sp³-hybridized carbons (Fsp3) is 0.385. The van der Waals surface area contributed by atoms with Gasteiger partial charge in [-0.1, -0.05) is 32.4 Å². The van der Waals surface area contributed by atoms with Gasteiger partial charge in [0.2, 0.25) is 5.91 Å². The Balaban J connectivity index is 2.85. The van der Waals surface area contributed by atoms with E-state index in [1.807, 2.05) is 26.8 Å². The molecule has 1 aromatic rings. The number of nitrogens with zero attached hydrogens (tertiary/aromatic N) is 1. The second-order valence-electron chi connectivity index (χ2n) is 5.09. The number of rotatable bonds is 2. The average molecular weight is 251 g/mol. The molecule has 0 bridgehead atoms. The minimum atomic E-state index is -0.115. The van der Waals surface area contributed by atoms with Crippen LogP contribution < -0.4 is 5.32 Å². The molecule has 0 aliphatic rings. The molecule has 0 heterocycles. The van der Waals surface area contributed by atoms with Crippen molar-refractivity contribution in [1.29, 1.82) is 5.26 Å². The fourth-order valence-corrected chi connectivity index (χ4v) is 1.57. The third kappa shape index (κ3) is 4.46. The van der Waals surface area contributed by atoms with Crippen molar-refractivity contribution < 1.29 is 4.79 Å². The Morgan fingerprint density at radius 3 is 2.65 bits per heavy atom. The maximum atomic E-state index is 11.7. The van der Waals surface area contributed by atoms with Crippen LogP contribution in [0, 0.1) is 16.7 Å². The first-order valence-corrected chi connectivity index (χ1v) is 5.69. The number of halogens is 1. The molecule has 90 valence electrons. The van der Waals surface area contributed by atoms with E-state index in [4.69, 9.17) is 16.9 Å². The van der Waals surface area contributed by atoms with Crippen molar-refractivity contribution in [2.45, 2.75) is 27.2 Å². The Morgan fingerprint density at radius 2 is 2.12 bits per heavy atom. The summed E-state index contributed by atoms with van der Waals surface area (Å²) in [6.07, 6.45) is 0.393. The highest BCUT2D eigenvalue weighted by Crippen LogP contribution is 2.23. The number of carbonyl (C=O) groups is 1. The van der Waals surface area contributed by atoms with E-state index in [1.165, 1.54) is 0 Å². The van der Waals surface area contributed by atoms with Gasteiger partial charge >= 0.3 is 0 Å². The summed E-state index contributed by atoms with van der Waals surface area (Å²) in [6.45, 7) is 5.95. The van der Waals surface area contributed by atoms with E-state index in [1.54, 1.807) is 18.2 Å². The molecule has 0 spiro atoms. The average Bonchev–Trinajstić information content (AvgIpc) is 2.14. The number of carbonyl (C=O) groups excluding carboxylic acids is 1. The summed E-state index contributed by atoms with van der Waals surface area (Å²) in [7, 11) is 0. The summed E-state index contributed by atoms with van der Waals surface area (Å²) in [5.74, 6) is -0.115. The molecule has 1 aromatic carbocycles. The van der Waals surface area contributed by atoms with Gasteiger partial charge in [0.05, 0.1) is 11.3 Å². The first-order chi connectivity index (χ1) is 7.81. The summed E-state index contributed by atoms with van der Waals surface area (Å²) in [6, 6.07) is 6.82. The lowest BCUT2D eigenvalue weighted by atomic mass is 9.92. The van der Waals surface area contributed by atoms with Gasteiger partial charge < -0.3 is 5.32 Å². The van der Waals surface area contributed by atoms with Gasteiger partial charge in [-0.25, -0.2) is 0 Å². The van der Waals surface area contributed by atoms with Crippen LogP contribution in [-0.4, -0.2) is 5.91 Å². The largest absolute Gasteiger partial charge is 0.325 e. The third-order valence-electron chi connectivity index (χ3n) is 2.07. The summed E-state index contributed by atoms with van der Waals surface area (Å²) in [4.78, 5) is 11.7. The Hall–Kier alpha value is -1.53. The number of nitrogens with one attached hydrogen (secondary N) is 1. The number of hydrogen-bond donors (Lipinski definition) is 1. The Morgan fingerprint density at radius 1 is 1.47 bits per heavy atom. The quantitative estimate of drug-likeness (QED) is 0.872. The zero-order valence-electron chi connectivity index (χ0n) is 10.2. The number of amides is 1. The highest BCUT2D eigenvalue weighted by molar-refractivity contribution is 6.31. The first kappa shape index (κ1) is 13.5. The summed E-state index contributed by atoms with van der Waals surface area (Å²) in [5, 5.41) is 12.1. The van der Waals surface area contributed by atoms with Crippen molar-refractivity contribution in [3.8, 4) is 6.07 Å². The topological polar surface area (TPSA) is 52.9 Å². The molecule has 0 saturated heterocycles. The molecule has 1 rings (SSSR count). The predicted molar refractivity (Wildman–Crippen MR) is 68.9 cm³/mol. The Bertz CT molecular complexity index is 469. The van der Waals surface area contributed by atoms with E-state index < -0.39 is 0 Å². The van der Waals surface area contributed by atoms with Gasteiger partial charge in [-0.2, -0.15) is 5.26 Å². The van der Waals surface area contributed by atoms with Crippen molar-refractivity contribution in [2.24, 2.45) is 5.41 Å². The van der Waals surface area contributed by atoms with Crippen LogP contribution in [0.5, 0.6) is 0 Å². The molecule has 0 aliphatic heterocycles. The summed E-state index contributed by atoms with van der Waals surface area (Å²) < 4.78 is 0. The van der Waals surface area contributed by atoms with Crippen molar-refractivity contribution in [2.75, 3.05) is 5.32 Å². The number of nitriles is 1. The van der Waals surface area contributed by atoms with Crippen LogP contribution in [0.2, 0.25) is 5.02 Å². The highest BCUT2D eigenvalue weighted by atomic mass is 35.5. The molecule has 0 unspecified atom stereocenters. The predicted octanol–water partition coefficient (Wildman–Crippen LogP) is 3.59. The van der Waals surface area contributed by atoms with Crippen molar-refractivity contribution in [3.63, 3.8) is 0 Å². The SMILES string of the molecule is CC(C)(C)CC(=O)Nc1cc(Cl)ccc1C#N. The molecule has 0 atom stereocenters. The fourth-order valence-electron chi connectivity index (χ4n) is 1.39. The highest BCUT2D eigenvalue weighted by Gasteiger charge is 2.16. The van der Waals surface area contributed by atoms with Gasteiger partial charge in [0.1, 0.15) is 6.07 Å². The van der Waals surface area contributed by atoms with Gasteiger partial charge in [-0.05, 0) is 23.6 Å². The van der Waals surface area contributed by atoms with E-state index in [9.17, 15) is 4.79 Å². The van der Waals surface area contributed by atoms with Crippen LogP contribution in [0.1, 0.15) is 32.8 Å². The van der Waals surface area contributed by atoms with E-state index in [0.717, 1.165) is 0 Å². The van der Waals surface area contributed by atoms with E-state index in [-0.39, 0.29) is 11.3 Å². The lowest BCUT2D eigenvalue weighted by Crippen LogP contribution is -2.20. The molecular weight excluding hydrogens is 236 g/mol. The van der Waals surface area contributed by atoms with Crippen molar-refractivity contribution >= 4 is 23.2 Å². The van der Waals surface area contributed by atoms with Gasteiger partial charge in [0.15, 0.2) is 0 Å². The second-order valence-corrected chi connectivity index (χ2v) is 5.52. The van der Waals surface area contributed by atoms with Gasteiger partial charge in [0, 0.05) is 11.4 Å². The molecule has 17 heavy (non-hydrogen) atoms. The molecule has 1 N–H and O–H groups in total. The minimum absolute atomic E-state index is 0.0878. The maximum absolute atomic E-state index is 11.7. The zero-order chi connectivity index (χ0) is 13.1. The zero-order valence-corrected chi connectivity index (χ0v) is 10.9. The third-order valence-corrected chi connectivity index (χ3v) is 2.30. The maximum Gasteiger partial charge on any atom is 0.224 e. The van der Waals surface area contributed by atoms with E-state index >= 15 is 0 Å². The molecule has 4 heteroatoms. The molecule has 0 fully saturated rings. The molecular formula is C13H15ClN2O. The number of benzene rings is 1. The van der Waals surface area contributed by atoms with Gasteiger partial charge in [-0.3, -0.25) is 4.79 Å². The summed E-state index contributed by atoms with van der Waals surface area (Å²) in [5.41, 5.74) is 0.793. The lowest BCUT2D eigenvalue weighted by Gasteiger charge is -2.17. The van der Waals surface area contributed by atoms with Crippen LogP contribution in [0.4, 0.5) is 5.69 Å². The Labute approximate surface area is 106 Å². The molecule has 1 amide bonds. The van der Waals surface area contributed by atoms with Crippen LogP contribution in [0.15, 0.2) is 18.2 Å². The normalized spacial score (nSPS) is 10.8.